The van der Waals surface area contributed by atoms with Gasteiger partial charge in [-0.25, -0.2) is 4.98 Å². The van der Waals surface area contributed by atoms with Gasteiger partial charge in [0.2, 0.25) is 0 Å². The number of aromatic nitrogens is 2. The second kappa shape index (κ2) is 10.0. The largest absolute Gasteiger partial charge is 0.497 e. The van der Waals surface area contributed by atoms with Crippen LogP contribution in [0.4, 0.5) is 0 Å². The summed E-state index contributed by atoms with van der Waals surface area (Å²) in [4.78, 5) is 9.47. The molecule has 0 spiro atoms. The number of aliphatic imine (C=N–C) groups is 1. The van der Waals surface area contributed by atoms with E-state index < -0.39 is 0 Å². The predicted octanol–water partition coefficient (Wildman–Crippen LogP) is 3.52. The first-order chi connectivity index (χ1) is 14.5. The molecule has 0 saturated heterocycles. The molecule has 0 fully saturated rings. The molecule has 0 amide bonds. The monoisotopic (exact) mass is 409 g/mol. The van der Waals surface area contributed by atoms with Crippen LogP contribution in [-0.4, -0.2) is 42.7 Å². The van der Waals surface area contributed by atoms with Gasteiger partial charge in [-0.1, -0.05) is 6.07 Å². The molecule has 160 valence electrons. The van der Waals surface area contributed by atoms with Crippen molar-refractivity contribution in [1.82, 2.24) is 20.0 Å². The first-order valence-electron chi connectivity index (χ1n) is 10.3. The van der Waals surface area contributed by atoms with Crippen LogP contribution in [0.1, 0.15) is 36.7 Å². The van der Waals surface area contributed by atoms with Crippen molar-refractivity contribution < 1.29 is 9.47 Å². The number of fused-ring (bicyclic) bond motifs is 1. The standard InChI is InChI=1S/C23H31N5O2/c1-6-24-23(26-17(3)20-14-19(29-4)9-10-21(20)30-5)25-12-11-18-15-28-13-7-8-16(2)22(28)27-18/h7-10,13-15,17H,6,11-12H2,1-5H3,(H2,24,25,26). The van der Waals surface area contributed by atoms with Crippen LogP contribution in [0, 0.1) is 6.92 Å². The number of nitrogens with one attached hydrogen (secondary N) is 2. The fourth-order valence-electron chi connectivity index (χ4n) is 3.39. The smallest absolute Gasteiger partial charge is 0.191 e. The molecule has 1 unspecified atom stereocenters. The van der Waals surface area contributed by atoms with Crippen molar-refractivity contribution in [3.63, 3.8) is 0 Å². The molecule has 0 aliphatic heterocycles. The quantitative estimate of drug-likeness (QED) is 0.440. The number of rotatable bonds is 8. The van der Waals surface area contributed by atoms with E-state index in [1.807, 2.05) is 30.5 Å². The van der Waals surface area contributed by atoms with Crippen LogP contribution in [0.25, 0.3) is 5.65 Å². The van der Waals surface area contributed by atoms with E-state index in [9.17, 15) is 0 Å². The number of aryl methyl sites for hydroxylation is 1. The molecule has 3 rings (SSSR count). The number of hydrogen-bond donors (Lipinski definition) is 2. The zero-order valence-electron chi connectivity index (χ0n) is 18.4. The van der Waals surface area contributed by atoms with E-state index in [0.717, 1.165) is 47.3 Å². The normalized spacial score (nSPS) is 12.6. The summed E-state index contributed by atoms with van der Waals surface area (Å²) in [6.45, 7) is 7.63. The molecule has 7 nitrogen and oxygen atoms in total. The molecule has 2 heterocycles. The Balaban J connectivity index is 1.70. The number of imidazole rings is 1. The van der Waals surface area contributed by atoms with Crippen LogP contribution < -0.4 is 20.1 Å². The second-order valence-electron chi connectivity index (χ2n) is 7.14. The molecule has 0 saturated carbocycles. The van der Waals surface area contributed by atoms with Crippen LogP contribution in [0.3, 0.4) is 0 Å². The highest BCUT2D eigenvalue weighted by molar-refractivity contribution is 5.80. The van der Waals surface area contributed by atoms with E-state index >= 15 is 0 Å². The summed E-state index contributed by atoms with van der Waals surface area (Å²) in [6, 6.07) is 9.90. The minimum atomic E-state index is -0.00862. The van der Waals surface area contributed by atoms with Gasteiger partial charge in [0.15, 0.2) is 5.96 Å². The zero-order valence-corrected chi connectivity index (χ0v) is 18.4. The lowest BCUT2D eigenvalue weighted by Crippen LogP contribution is -2.39. The summed E-state index contributed by atoms with van der Waals surface area (Å²) >= 11 is 0. The molecule has 2 aromatic heterocycles. The first-order valence-corrected chi connectivity index (χ1v) is 10.3. The summed E-state index contributed by atoms with van der Waals surface area (Å²) in [5.41, 5.74) is 4.22. The molecule has 30 heavy (non-hydrogen) atoms. The number of guanidine groups is 1. The van der Waals surface area contributed by atoms with Gasteiger partial charge in [0.05, 0.1) is 26.0 Å². The van der Waals surface area contributed by atoms with Gasteiger partial charge in [-0.2, -0.15) is 0 Å². The third kappa shape index (κ3) is 5.03. The van der Waals surface area contributed by atoms with E-state index in [2.05, 4.69) is 48.1 Å². The number of benzene rings is 1. The number of ether oxygens (including phenoxy) is 2. The molecule has 2 N–H and O–H groups in total. The van der Waals surface area contributed by atoms with E-state index in [0.29, 0.717) is 6.54 Å². The Labute approximate surface area is 178 Å². The maximum Gasteiger partial charge on any atom is 0.191 e. The Bertz CT molecular complexity index is 1010. The number of pyridine rings is 1. The summed E-state index contributed by atoms with van der Waals surface area (Å²) in [6.07, 6.45) is 4.87. The van der Waals surface area contributed by atoms with Crippen molar-refractivity contribution in [1.29, 1.82) is 0 Å². The lowest BCUT2D eigenvalue weighted by Gasteiger charge is -2.20. The van der Waals surface area contributed by atoms with Gasteiger partial charge in [0.25, 0.3) is 0 Å². The number of hydrogen-bond acceptors (Lipinski definition) is 4. The van der Waals surface area contributed by atoms with Crippen LogP contribution in [0.15, 0.2) is 47.7 Å². The van der Waals surface area contributed by atoms with Crippen LogP contribution in [-0.2, 0) is 6.42 Å². The van der Waals surface area contributed by atoms with Crippen molar-refractivity contribution in [3.8, 4) is 11.5 Å². The molecular formula is C23H31N5O2. The van der Waals surface area contributed by atoms with Crippen LogP contribution >= 0.6 is 0 Å². The average molecular weight is 410 g/mol. The van der Waals surface area contributed by atoms with E-state index in [1.54, 1.807) is 14.2 Å². The highest BCUT2D eigenvalue weighted by atomic mass is 16.5. The lowest BCUT2D eigenvalue weighted by atomic mass is 10.1. The summed E-state index contributed by atoms with van der Waals surface area (Å²) < 4.78 is 12.9. The average Bonchev–Trinajstić information content (AvgIpc) is 3.17. The highest BCUT2D eigenvalue weighted by Gasteiger charge is 2.14. The maximum atomic E-state index is 5.52. The van der Waals surface area contributed by atoms with E-state index in [4.69, 9.17) is 19.5 Å². The van der Waals surface area contributed by atoms with E-state index in [1.165, 1.54) is 5.56 Å². The van der Waals surface area contributed by atoms with Crippen molar-refractivity contribution in [2.75, 3.05) is 27.3 Å². The van der Waals surface area contributed by atoms with E-state index in [-0.39, 0.29) is 6.04 Å². The number of methoxy groups -OCH3 is 2. The molecule has 0 aliphatic rings. The SMILES string of the molecule is CCNC(=NCCc1cn2cccc(C)c2n1)NC(C)c1cc(OC)ccc1OC. The minimum Gasteiger partial charge on any atom is -0.497 e. The third-order valence-electron chi connectivity index (χ3n) is 4.97. The molecule has 7 heteroatoms. The lowest BCUT2D eigenvalue weighted by molar-refractivity contribution is 0.394. The van der Waals surface area contributed by atoms with Gasteiger partial charge in [0, 0.05) is 37.5 Å². The molecule has 1 aromatic carbocycles. The van der Waals surface area contributed by atoms with Crippen molar-refractivity contribution in [2.45, 2.75) is 33.2 Å². The zero-order chi connectivity index (χ0) is 21.5. The molecule has 0 radical (unpaired) electrons. The molecule has 3 aromatic rings. The Kier molecular flexibility index (Phi) is 7.17. The topological polar surface area (TPSA) is 72.2 Å². The van der Waals surface area contributed by atoms with Gasteiger partial charge in [0.1, 0.15) is 17.1 Å². The van der Waals surface area contributed by atoms with Gasteiger partial charge in [-0.3, -0.25) is 4.99 Å². The molecular weight excluding hydrogens is 378 g/mol. The van der Waals surface area contributed by atoms with Gasteiger partial charge in [-0.05, 0) is 50.6 Å². The summed E-state index contributed by atoms with van der Waals surface area (Å²) in [5, 5.41) is 6.77. The fraction of sp³-hybridized carbons (Fsp3) is 0.391. The van der Waals surface area contributed by atoms with Crippen molar-refractivity contribution >= 4 is 11.6 Å². The summed E-state index contributed by atoms with van der Waals surface area (Å²) in [5.74, 6) is 2.37. The van der Waals surface area contributed by atoms with Crippen molar-refractivity contribution in [2.24, 2.45) is 4.99 Å². The highest BCUT2D eigenvalue weighted by Crippen LogP contribution is 2.29. The molecule has 0 bridgehead atoms. The van der Waals surface area contributed by atoms with Gasteiger partial charge < -0.3 is 24.5 Å². The fourth-order valence-corrected chi connectivity index (χ4v) is 3.39. The predicted molar refractivity (Wildman–Crippen MR) is 121 cm³/mol. The molecule has 1 atom stereocenters. The Morgan fingerprint density at radius 2 is 2.07 bits per heavy atom. The summed E-state index contributed by atoms with van der Waals surface area (Å²) in [7, 11) is 3.34. The minimum absolute atomic E-state index is 0.00862. The second-order valence-corrected chi connectivity index (χ2v) is 7.14. The molecule has 0 aliphatic carbocycles. The number of nitrogens with zero attached hydrogens (tertiary/aromatic N) is 3. The third-order valence-corrected chi connectivity index (χ3v) is 4.97. The van der Waals surface area contributed by atoms with Gasteiger partial charge in [-0.15, -0.1) is 0 Å². The van der Waals surface area contributed by atoms with Gasteiger partial charge >= 0.3 is 0 Å². The van der Waals surface area contributed by atoms with Crippen LogP contribution in [0.5, 0.6) is 11.5 Å². The van der Waals surface area contributed by atoms with Crippen molar-refractivity contribution in [3.05, 3.63) is 59.5 Å². The first kappa shape index (κ1) is 21.5. The maximum absolute atomic E-state index is 5.52. The van der Waals surface area contributed by atoms with Crippen LogP contribution in [0.2, 0.25) is 0 Å². The Morgan fingerprint density at radius 1 is 1.23 bits per heavy atom. The Hall–Kier alpha value is -3.22. The Morgan fingerprint density at radius 3 is 2.77 bits per heavy atom.